The van der Waals surface area contributed by atoms with Gasteiger partial charge in [0.1, 0.15) is 0 Å². The number of benzene rings is 2. The molecule has 182 valence electrons. The van der Waals surface area contributed by atoms with Crippen LogP contribution in [-0.4, -0.2) is 12.5 Å². The molecule has 0 saturated heterocycles. The van der Waals surface area contributed by atoms with E-state index in [1.54, 1.807) is 12.1 Å². The molecule has 0 spiro atoms. The van der Waals surface area contributed by atoms with Crippen LogP contribution in [0, 0.1) is 11.7 Å². The van der Waals surface area contributed by atoms with Crippen molar-refractivity contribution in [3.63, 3.8) is 0 Å². The zero-order chi connectivity index (χ0) is 24.1. The fourth-order valence-electron chi connectivity index (χ4n) is 4.42. The molecule has 0 amide bonds. The van der Waals surface area contributed by atoms with E-state index in [9.17, 15) is 26.3 Å². The number of alkyl halides is 5. The van der Waals surface area contributed by atoms with Crippen molar-refractivity contribution in [3.05, 3.63) is 65.0 Å². The summed E-state index contributed by atoms with van der Waals surface area (Å²) in [5.74, 6) is -1.15. The highest BCUT2D eigenvalue weighted by molar-refractivity contribution is 5.30. The lowest BCUT2D eigenvalue weighted by atomic mass is 9.77. The van der Waals surface area contributed by atoms with Gasteiger partial charge in [0, 0.05) is 0 Å². The Labute approximate surface area is 189 Å². The maximum absolute atomic E-state index is 14.2. The predicted octanol–water partition coefficient (Wildman–Crippen LogP) is 8.15. The van der Waals surface area contributed by atoms with Gasteiger partial charge < -0.3 is 9.47 Å². The van der Waals surface area contributed by atoms with Crippen LogP contribution in [-0.2, 0) is 17.8 Å². The Kier molecular flexibility index (Phi) is 8.32. The van der Waals surface area contributed by atoms with Crippen LogP contribution in [0.25, 0.3) is 0 Å². The summed E-state index contributed by atoms with van der Waals surface area (Å²) in [6.07, 6.45) is -2.45. The highest BCUT2D eigenvalue weighted by Gasteiger charge is 2.34. The third-order valence-electron chi connectivity index (χ3n) is 6.08. The molecule has 0 aromatic heterocycles. The van der Waals surface area contributed by atoms with E-state index in [1.165, 1.54) is 31.2 Å². The highest BCUT2D eigenvalue weighted by atomic mass is 19.4. The Morgan fingerprint density at radius 3 is 2.09 bits per heavy atom. The molecule has 1 aliphatic rings. The molecule has 2 aromatic carbocycles. The Morgan fingerprint density at radius 1 is 0.879 bits per heavy atom. The van der Waals surface area contributed by atoms with Gasteiger partial charge in [0.25, 0.3) is 0 Å². The minimum absolute atomic E-state index is 0.207. The van der Waals surface area contributed by atoms with E-state index in [1.807, 2.05) is 12.1 Å². The Hall–Kier alpha value is -2.22. The molecule has 0 N–H and O–H groups in total. The predicted molar refractivity (Wildman–Crippen MR) is 113 cm³/mol. The summed E-state index contributed by atoms with van der Waals surface area (Å²) in [6, 6.07) is 9.66. The third-order valence-corrected chi connectivity index (χ3v) is 6.08. The first-order chi connectivity index (χ1) is 15.5. The SMILES string of the molecule is CCCC1CCC(c2ccc(COC(F)(F)Cc3ccc(OC(F)(F)F)c(F)c3)cc2)CC1. The summed E-state index contributed by atoms with van der Waals surface area (Å²) < 4.78 is 87.0. The fourth-order valence-corrected chi connectivity index (χ4v) is 4.42. The van der Waals surface area contributed by atoms with Crippen molar-refractivity contribution >= 4 is 0 Å². The average molecular weight is 474 g/mol. The minimum Gasteiger partial charge on any atom is -0.403 e. The first-order valence-electron chi connectivity index (χ1n) is 11.2. The average Bonchev–Trinajstić information content (AvgIpc) is 2.74. The van der Waals surface area contributed by atoms with Gasteiger partial charge in [-0.2, -0.15) is 8.78 Å². The number of rotatable bonds is 9. The van der Waals surface area contributed by atoms with Gasteiger partial charge in [-0.3, -0.25) is 0 Å². The second-order valence-corrected chi connectivity index (χ2v) is 8.66. The van der Waals surface area contributed by atoms with Crippen molar-refractivity contribution in [1.82, 2.24) is 0 Å². The normalized spacial score (nSPS) is 19.5. The molecule has 1 aliphatic carbocycles. The molecule has 0 unspecified atom stereocenters. The molecule has 2 nitrogen and oxygen atoms in total. The minimum atomic E-state index is -5.07. The molecule has 2 aromatic rings. The molecule has 3 rings (SSSR count). The molecule has 8 heteroatoms. The number of hydrogen-bond donors (Lipinski definition) is 0. The van der Waals surface area contributed by atoms with Crippen LogP contribution in [0.3, 0.4) is 0 Å². The van der Waals surface area contributed by atoms with E-state index in [0.717, 1.165) is 24.8 Å². The van der Waals surface area contributed by atoms with Crippen LogP contribution in [0.15, 0.2) is 42.5 Å². The van der Waals surface area contributed by atoms with E-state index in [4.69, 9.17) is 4.74 Å². The van der Waals surface area contributed by atoms with Gasteiger partial charge in [0.2, 0.25) is 0 Å². The summed E-state index contributed by atoms with van der Waals surface area (Å²) >= 11 is 0. The van der Waals surface area contributed by atoms with Gasteiger partial charge in [-0.15, -0.1) is 13.2 Å². The summed E-state index contributed by atoms with van der Waals surface area (Å²) in [4.78, 5) is 0. The Bertz CT molecular complexity index is 887. The Balaban J connectivity index is 1.51. The van der Waals surface area contributed by atoms with E-state index in [0.29, 0.717) is 23.6 Å². The molecule has 0 heterocycles. The molecular formula is C25H28F6O2. The van der Waals surface area contributed by atoms with Gasteiger partial charge in [-0.1, -0.05) is 50.1 Å². The summed E-state index contributed by atoms with van der Waals surface area (Å²) in [7, 11) is 0. The number of hydrogen-bond acceptors (Lipinski definition) is 2. The standard InChI is InChI=1S/C25H28F6O2/c1-2-3-17-4-9-20(10-5-17)21-11-6-18(7-12-21)16-32-24(27,28)15-19-8-13-23(22(26)14-19)33-25(29,30)31/h6-8,11-14,17,20H,2-5,9-10,15-16H2,1H3. The van der Waals surface area contributed by atoms with Gasteiger partial charge in [-0.05, 0) is 66.3 Å². The van der Waals surface area contributed by atoms with Crippen molar-refractivity contribution < 1.29 is 35.8 Å². The first kappa shape index (κ1) is 25.4. The molecule has 0 bridgehead atoms. The lowest BCUT2D eigenvalue weighted by Crippen LogP contribution is -2.24. The van der Waals surface area contributed by atoms with Crippen molar-refractivity contribution in [2.45, 2.75) is 76.9 Å². The topological polar surface area (TPSA) is 18.5 Å². The molecule has 0 radical (unpaired) electrons. The van der Waals surface area contributed by atoms with Crippen molar-refractivity contribution in [2.75, 3.05) is 0 Å². The van der Waals surface area contributed by atoms with E-state index in [2.05, 4.69) is 11.7 Å². The fraction of sp³-hybridized carbons (Fsp3) is 0.520. The van der Waals surface area contributed by atoms with Gasteiger partial charge >= 0.3 is 12.5 Å². The number of halogens is 6. The lowest BCUT2D eigenvalue weighted by molar-refractivity contribution is -0.275. The largest absolute Gasteiger partial charge is 0.573 e. The van der Waals surface area contributed by atoms with Crippen LogP contribution in [0.4, 0.5) is 26.3 Å². The van der Waals surface area contributed by atoms with E-state index >= 15 is 0 Å². The Morgan fingerprint density at radius 2 is 1.52 bits per heavy atom. The second kappa shape index (κ2) is 10.8. The van der Waals surface area contributed by atoms with Crippen LogP contribution < -0.4 is 4.74 Å². The van der Waals surface area contributed by atoms with Crippen LogP contribution in [0.2, 0.25) is 0 Å². The molecule has 1 fully saturated rings. The van der Waals surface area contributed by atoms with E-state index in [-0.39, 0.29) is 12.2 Å². The molecule has 0 atom stereocenters. The number of ether oxygens (including phenoxy) is 2. The van der Waals surface area contributed by atoms with Gasteiger partial charge in [0.05, 0.1) is 13.0 Å². The van der Waals surface area contributed by atoms with Crippen LogP contribution in [0.5, 0.6) is 5.75 Å². The quantitative estimate of drug-likeness (QED) is 0.342. The second-order valence-electron chi connectivity index (χ2n) is 8.66. The lowest BCUT2D eigenvalue weighted by Gasteiger charge is -2.28. The molecule has 33 heavy (non-hydrogen) atoms. The first-order valence-corrected chi connectivity index (χ1v) is 11.2. The zero-order valence-corrected chi connectivity index (χ0v) is 18.4. The van der Waals surface area contributed by atoms with Crippen molar-refractivity contribution in [3.8, 4) is 5.75 Å². The molecule has 1 saturated carbocycles. The van der Waals surface area contributed by atoms with Crippen LogP contribution >= 0.6 is 0 Å². The van der Waals surface area contributed by atoms with Gasteiger partial charge in [0.15, 0.2) is 11.6 Å². The molecular weight excluding hydrogens is 446 g/mol. The van der Waals surface area contributed by atoms with Gasteiger partial charge in [-0.25, -0.2) is 4.39 Å². The zero-order valence-electron chi connectivity index (χ0n) is 18.4. The smallest absolute Gasteiger partial charge is 0.403 e. The van der Waals surface area contributed by atoms with Crippen LogP contribution in [0.1, 0.15) is 68.1 Å². The monoisotopic (exact) mass is 474 g/mol. The van der Waals surface area contributed by atoms with Crippen molar-refractivity contribution in [2.24, 2.45) is 5.92 Å². The summed E-state index contributed by atoms with van der Waals surface area (Å²) in [5.41, 5.74) is 1.58. The molecule has 0 aliphatic heterocycles. The maximum atomic E-state index is 14.2. The van der Waals surface area contributed by atoms with Crippen molar-refractivity contribution in [1.29, 1.82) is 0 Å². The van der Waals surface area contributed by atoms with E-state index < -0.39 is 30.5 Å². The third kappa shape index (κ3) is 7.95. The summed E-state index contributed by atoms with van der Waals surface area (Å²) in [6.45, 7) is 1.87. The summed E-state index contributed by atoms with van der Waals surface area (Å²) in [5, 5.41) is 0. The maximum Gasteiger partial charge on any atom is 0.573 e. The highest BCUT2D eigenvalue weighted by Crippen LogP contribution is 2.37.